The summed E-state index contributed by atoms with van der Waals surface area (Å²) in [6.07, 6.45) is 0.556. The summed E-state index contributed by atoms with van der Waals surface area (Å²) in [5.74, 6) is 0. The van der Waals surface area contributed by atoms with Crippen LogP contribution < -0.4 is 0 Å². The number of nitrogens with zero attached hydrogens (tertiary/aromatic N) is 1. The third-order valence-electron chi connectivity index (χ3n) is 0.765. The summed E-state index contributed by atoms with van der Waals surface area (Å²) in [7, 11) is 1.55. The van der Waals surface area contributed by atoms with E-state index in [1.807, 2.05) is 6.92 Å². The molecule has 0 radical (unpaired) electrons. The maximum Gasteiger partial charge on any atom is 0.327 e. The van der Waals surface area contributed by atoms with Crippen molar-refractivity contribution in [1.82, 2.24) is 0 Å². The fraction of sp³-hybridized carbons (Fsp3) is 0.800. The predicted octanol–water partition coefficient (Wildman–Crippen LogP) is 1.29. The highest BCUT2D eigenvalue weighted by atomic mass is 16.5. The van der Waals surface area contributed by atoms with Crippen molar-refractivity contribution in [2.24, 2.45) is 0 Å². The van der Waals surface area contributed by atoms with Gasteiger partial charge in [0.05, 0.1) is 0 Å². The Labute approximate surface area is 43.9 Å². The highest BCUT2D eigenvalue weighted by Gasteiger charge is 2.02. The number of hydrogen-bond acceptors (Lipinski definition) is 1. The monoisotopic (exact) mass is 99.1 g/mol. The van der Waals surface area contributed by atoms with Gasteiger partial charge in [-0.15, -0.1) is 0 Å². The van der Waals surface area contributed by atoms with Crippen LogP contribution in [0.1, 0.15) is 13.3 Å². The van der Waals surface area contributed by atoms with E-state index in [9.17, 15) is 0 Å². The van der Waals surface area contributed by atoms with Crippen molar-refractivity contribution in [1.29, 1.82) is 0 Å². The van der Waals surface area contributed by atoms with Crippen LogP contribution in [0.25, 0.3) is 4.85 Å². The largest absolute Gasteiger partial charge is 0.327 e. The summed E-state index contributed by atoms with van der Waals surface area (Å²) in [5.41, 5.74) is 0. The standard InChI is InChI=1S/C5H9NO/c1-4-5(6-2)7-3/h5H,4H2,1,3H3. The maximum absolute atomic E-state index is 6.46. The van der Waals surface area contributed by atoms with Gasteiger partial charge in [-0.05, 0) is 0 Å². The van der Waals surface area contributed by atoms with Gasteiger partial charge in [0.15, 0.2) is 0 Å². The lowest BCUT2D eigenvalue weighted by molar-refractivity contribution is 0.136. The van der Waals surface area contributed by atoms with Gasteiger partial charge in [0.25, 0.3) is 0 Å². The first-order valence-corrected chi connectivity index (χ1v) is 2.24. The third kappa shape index (κ3) is 2.18. The molecule has 7 heavy (non-hydrogen) atoms. The fourth-order valence-corrected chi connectivity index (χ4v) is 0.311. The molecule has 0 bridgehead atoms. The minimum absolute atomic E-state index is 0.222. The zero-order chi connectivity index (χ0) is 5.70. The lowest BCUT2D eigenvalue weighted by atomic mass is 10.4. The Morgan fingerprint density at radius 3 is 2.43 bits per heavy atom. The molecule has 0 aliphatic heterocycles. The Balaban J connectivity index is 3.23. The smallest absolute Gasteiger partial charge is 0.314 e. The Morgan fingerprint density at radius 2 is 2.43 bits per heavy atom. The molecule has 2 nitrogen and oxygen atoms in total. The van der Waals surface area contributed by atoms with Crippen LogP contribution in [-0.2, 0) is 4.74 Å². The van der Waals surface area contributed by atoms with E-state index in [-0.39, 0.29) is 6.23 Å². The average molecular weight is 99.1 g/mol. The van der Waals surface area contributed by atoms with Crippen LogP contribution in [0.3, 0.4) is 0 Å². The molecule has 0 aromatic carbocycles. The van der Waals surface area contributed by atoms with Crippen molar-refractivity contribution in [2.45, 2.75) is 19.6 Å². The van der Waals surface area contributed by atoms with E-state index in [1.54, 1.807) is 7.11 Å². The normalized spacial score (nSPS) is 12.7. The third-order valence-corrected chi connectivity index (χ3v) is 0.765. The highest BCUT2D eigenvalue weighted by molar-refractivity contribution is 4.63. The average Bonchev–Trinajstić information content (AvgIpc) is 1.72. The van der Waals surface area contributed by atoms with E-state index >= 15 is 0 Å². The van der Waals surface area contributed by atoms with Crippen molar-refractivity contribution in [3.05, 3.63) is 11.4 Å². The summed E-state index contributed by atoms with van der Waals surface area (Å²) >= 11 is 0. The molecule has 1 unspecified atom stereocenters. The second kappa shape index (κ2) is 3.63. The van der Waals surface area contributed by atoms with Gasteiger partial charge in [-0.2, -0.15) is 0 Å². The first-order chi connectivity index (χ1) is 3.35. The van der Waals surface area contributed by atoms with Crippen molar-refractivity contribution >= 4 is 0 Å². The van der Waals surface area contributed by atoms with Gasteiger partial charge in [0.1, 0.15) is 0 Å². The summed E-state index contributed by atoms with van der Waals surface area (Å²) in [4.78, 5) is 3.15. The molecule has 1 atom stereocenters. The van der Waals surface area contributed by atoms with Crippen LogP contribution in [-0.4, -0.2) is 13.3 Å². The minimum Gasteiger partial charge on any atom is -0.314 e. The quantitative estimate of drug-likeness (QED) is 0.475. The van der Waals surface area contributed by atoms with Crippen LogP contribution in [0, 0.1) is 6.57 Å². The van der Waals surface area contributed by atoms with Crippen molar-refractivity contribution < 1.29 is 4.74 Å². The summed E-state index contributed by atoms with van der Waals surface area (Å²) < 4.78 is 4.69. The molecule has 0 saturated carbocycles. The lowest BCUT2D eigenvalue weighted by Gasteiger charge is -1.94. The topological polar surface area (TPSA) is 13.6 Å². The van der Waals surface area contributed by atoms with Crippen LogP contribution in [0.15, 0.2) is 0 Å². The van der Waals surface area contributed by atoms with Gasteiger partial charge in [-0.1, -0.05) is 6.92 Å². The van der Waals surface area contributed by atoms with Crippen molar-refractivity contribution in [2.75, 3.05) is 7.11 Å². The number of methoxy groups -OCH3 is 1. The number of rotatable bonds is 2. The molecule has 40 valence electrons. The first kappa shape index (κ1) is 6.45. The Bertz CT molecular complexity index is 70.6. The number of ether oxygens (including phenoxy) is 1. The molecule has 0 rings (SSSR count). The van der Waals surface area contributed by atoms with Gasteiger partial charge in [-0.25, -0.2) is 6.57 Å². The SMILES string of the molecule is [C-]#[N+]C(CC)OC. The molecule has 0 saturated heterocycles. The second-order valence-electron chi connectivity index (χ2n) is 1.23. The zero-order valence-electron chi connectivity index (χ0n) is 4.64. The molecule has 0 aromatic heterocycles. The Kier molecular flexibility index (Phi) is 3.35. The molecule has 0 N–H and O–H groups in total. The van der Waals surface area contributed by atoms with Gasteiger partial charge in [0, 0.05) is 13.5 Å². The van der Waals surface area contributed by atoms with E-state index < -0.39 is 0 Å². The molecule has 0 heterocycles. The Hall–Kier alpha value is -0.550. The minimum atomic E-state index is -0.222. The van der Waals surface area contributed by atoms with Crippen LogP contribution in [0.5, 0.6) is 0 Å². The predicted molar refractivity (Wildman–Crippen MR) is 27.7 cm³/mol. The van der Waals surface area contributed by atoms with E-state index in [2.05, 4.69) is 4.85 Å². The molecule has 2 heteroatoms. The first-order valence-electron chi connectivity index (χ1n) is 2.24. The summed E-state index contributed by atoms with van der Waals surface area (Å²) in [6.45, 7) is 8.38. The van der Waals surface area contributed by atoms with E-state index in [4.69, 9.17) is 11.3 Å². The zero-order valence-corrected chi connectivity index (χ0v) is 4.64. The van der Waals surface area contributed by atoms with Crippen molar-refractivity contribution in [3.8, 4) is 0 Å². The molecule has 0 aliphatic carbocycles. The highest BCUT2D eigenvalue weighted by Crippen LogP contribution is 1.94. The molecule has 0 spiro atoms. The Morgan fingerprint density at radius 1 is 1.86 bits per heavy atom. The van der Waals surface area contributed by atoms with Gasteiger partial charge < -0.3 is 4.74 Å². The molecule has 0 fully saturated rings. The fourth-order valence-electron chi connectivity index (χ4n) is 0.311. The molecular weight excluding hydrogens is 90.1 g/mol. The van der Waals surface area contributed by atoms with Crippen LogP contribution in [0.4, 0.5) is 0 Å². The lowest BCUT2D eigenvalue weighted by Crippen LogP contribution is -2.00. The van der Waals surface area contributed by atoms with Crippen LogP contribution >= 0.6 is 0 Å². The van der Waals surface area contributed by atoms with Gasteiger partial charge >= 0.3 is 6.23 Å². The van der Waals surface area contributed by atoms with E-state index in [1.165, 1.54) is 0 Å². The summed E-state index contributed by atoms with van der Waals surface area (Å²) in [5, 5.41) is 0. The molecule has 0 amide bonds. The maximum atomic E-state index is 6.46. The van der Waals surface area contributed by atoms with Gasteiger partial charge in [-0.3, -0.25) is 4.85 Å². The van der Waals surface area contributed by atoms with Gasteiger partial charge in [0.2, 0.25) is 0 Å². The van der Waals surface area contributed by atoms with Crippen LogP contribution in [0.2, 0.25) is 0 Å². The van der Waals surface area contributed by atoms with Crippen molar-refractivity contribution in [3.63, 3.8) is 0 Å². The molecular formula is C5H9NO. The number of hydrogen-bond donors (Lipinski definition) is 0. The second-order valence-corrected chi connectivity index (χ2v) is 1.23. The summed E-state index contributed by atoms with van der Waals surface area (Å²) in [6, 6.07) is 0. The molecule has 0 aliphatic rings. The van der Waals surface area contributed by atoms with E-state index in [0.29, 0.717) is 0 Å². The molecule has 0 aromatic rings. The van der Waals surface area contributed by atoms with E-state index in [0.717, 1.165) is 6.42 Å².